The smallest absolute Gasteiger partial charge is 0.240 e. The number of para-hydroxylation sites is 1. The summed E-state index contributed by atoms with van der Waals surface area (Å²) in [4.78, 5) is 28.5. The Bertz CT molecular complexity index is 1570. The largest absolute Gasteiger partial charge is 0.497 e. The van der Waals surface area contributed by atoms with E-state index in [0.29, 0.717) is 33.7 Å². The van der Waals surface area contributed by atoms with Gasteiger partial charge in [0.05, 0.1) is 41.6 Å². The first-order valence-electron chi connectivity index (χ1n) is 13.2. The number of nitrogens with zero attached hydrogens (tertiary/aromatic N) is 3. The minimum atomic E-state index is -0.386. The molecule has 212 valence electrons. The van der Waals surface area contributed by atoms with Crippen molar-refractivity contribution in [2.24, 2.45) is 0 Å². The standard InChI is InChI=1S/C31H31ClN4O4S/c1-19(2)33-26(37)17-35-27(38)18-41-30(22-16-21(39-3)14-15-25(22)40-4)28-29(20-10-6-5-7-11-20)34-36(31(28)35)24-13-9-8-12-23(24)32/h5-16,19,30H,17-18H2,1-4H3,(H,33,37)/t30-/m0/s1. The first-order valence-corrected chi connectivity index (χ1v) is 14.6. The van der Waals surface area contributed by atoms with Crippen LogP contribution < -0.4 is 19.7 Å². The maximum atomic E-state index is 13.9. The number of anilines is 1. The first kappa shape index (κ1) is 28.6. The van der Waals surface area contributed by atoms with Gasteiger partial charge in [-0.1, -0.05) is 54.1 Å². The molecule has 1 aromatic heterocycles. The molecule has 0 saturated carbocycles. The van der Waals surface area contributed by atoms with Crippen molar-refractivity contribution in [3.63, 3.8) is 0 Å². The molecule has 5 rings (SSSR count). The van der Waals surface area contributed by atoms with E-state index in [0.717, 1.165) is 16.7 Å². The van der Waals surface area contributed by atoms with Crippen molar-refractivity contribution >= 4 is 41.0 Å². The lowest BCUT2D eigenvalue weighted by molar-refractivity contribution is -0.123. The van der Waals surface area contributed by atoms with Gasteiger partial charge in [0.2, 0.25) is 11.8 Å². The monoisotopic (exact) mass is 590 g/mol. The van der Waals surface area contributed by atoms with Gasteiger partial charge < -0.3 is 14.8 Å². The second kappa shape index (κ2) is 12.3. The average Bonchev–Trinajstić information content (AvgIpc) is 3.29. The van der Waals surface area contributed by atoms with E-state index in [-0.39, 0.29) is 35.4 Å². The molecule has 0 aliphatic carbocycles. The molecule has 1 atom stereocenters. The third-order valence-corrected chi connectivity index (χ3v) is 8.24. The van der Waals surface area contributed by atoms with Crippen LogP contribution in [-0.4, -0.2) is 54.2 Å². The summed E-state index contributed by atoms with van der Waals surface area (Å²) in [5.41, 5.74) is 3.74. The van der Waals surface area contributed by atoms with Gasteiger partial charge in [-0.15, -0.1) is 11.8 Å². The van der Waals surface area contributed by atoms with Crippen molar-refractivity contribution in [1.82, 2.24) is 15.1 Å². The van der Waals surface area contributed by atoms with Crippen molar-refractivity contribution in [2.45, 2.75) is 25.1 Å². The fourth-order valence-electron chi connectivity index (χ4n) is 4.92. The van der Waals surface area contributed by atoms with Crippen LogP contribution in [0.2, 0.25) is 5.02 Å². The lowest BCUT2D eigenvalue weighted by atomic mass is 9.98. The molecule has 0 spiro atoms. The number of thioether (sulfide) groups is 1. The highest BCUT2D eigenvalue weighted by Gasteiger charge is 2.39. The van der Waals surface area contributed by atoms with Gasteiger partial charge in [-0.2, -0.15) is 5.10 Å². The highest BCUT2D eigenvalue weighted by molar-refractivity contribution is 8.00. The molecular formula is C31H31ClN4O4S. The maximum absolute atomic E-state index is 13.9. The Kier molecular flexibility index (Phi) is 8.56. The second-order valence-electron chi connectivity index (χ2n) is 9.82. The van der Waals surface area contributed by atoms with E-state index in [1.807, 2.05) is 80.6 Å². The number of methoxy groups -OCH3 is 2. The second-order valence-corrected chi connectivity index (χ2v) is 11.3. The zero-order valence-corrected chi connectivity index (χ0v) is 24.8. The molecule has 0 fully saturated rings. The molecule has 0 bridgehead atoms. The molecular weight excluding hydrogens is 560 g/mol. The molecule has 41 heavy (non-hydrogen) atoms. The van der Waals surface area contributed by atoms with Gasteiger partial charge >= 0.3 is 0 Å². The molecule has 2 heterocycles. The van der Waals surface area contributed by atoms with Crippen LogP contribution in [0.15, 0.2) is 72.8 Å². The number of rotatable bonds is 8. The topological polar surface area (TPSA) is 85.7 Å². The minimum Gasteiger partial charge on any atom is -0.497 e. The Morgan fingerprint density at radius 3 is 2.49 bits per heavy atom. The van der Waals surface area contributed by atoms with E-state index >= 15 is 0 Å². The van der Waals surface area contributed by atoms with Gasteiger partial charge in [-0.3, -0.25) is 14.5 Å². The van der Waals surface area contributed by atoms with E-state index in [1.165, 1.54) is 16.7 Å². The minimum absolute atomic E-state index is 0.0828. The third-order valence-electron chi connectivity index (χ3n) is 6.69. The zero-order valence-electron chi connectivity index (χ0n) is 23.3. The average molecular weight is 591 g/mol. The summed E-state index contributed by atoms with van der Waals surface area (Å²) in [6.07, 6.45) is 0. The molecule has 3 aromatic carbocycles. The number of benzene rings is 3. The highest BCUT2D eigenvalue weighted by Crippen LogP contribution is 2.51. The number of hydrogen-bond acceptors (Lipinski definition) is 6. The summed E-state index contributed by atoms with van der Waals surface area (Å²) in [5, 5.41) is 8.07. The highest BCUT2D eigenvalue weighted by atomic mass is 35.5. The Balaban J connectivity index is 1.85. The van der Waals surface area contributed by atoms with Crippen molar-refractivity contribution in [3.05, 3.63) is 88.9 Å². The summed E-state index contributed by atoms with van der Waals surface area (Å²) in [6, 6.07) is 22.6. The summed E-state index contributed by atoms with van der Waals surface area (Å²) in [5.74, 6) is 1.44. The number of ether oxygens (including phenoxy) is 2. The van der Waals surface area contributed by atoms with Crippen LogP contribution in [0, 0.1) is 0 Å². The van der Waals surface area contributed by atoms with E-state index in [9.17, 15) is 9.59 Å². The zero-order chi connectivity index (χ0) is 29.1. The third kappa shape index (κ3) is 5.78. The van der Waals surface area contributed by atoms with Crippen LogP contribution in [0.3, 0.4) is 0 Å². The van der Waals surface area contributed by atoms with Gasteiger partial charge in [0, 0.05) is 22.7 Å². The Morgan fingerprint density at radius 1 is 1.07 bits per heavy atom. The molecule has 1 aliphatic rings. The summed E-state index contributed by atoms with van der Waals surface area (Å²) < 4.78 is 13.0. The van der Waals surface area contributed by atoms with Crippen molar-refractivity contribution in [1.29, 1.82) is 0 Å². The van der Waals surface area contributed by atoms with E-state index < -0.39 is 0 Å². The van der Waals surface area contributed by atoms with E-state index in [4.69, 9.17) is 26.2 Å². The molecule has 4 aromatic rings. The molecule has 0 unspecified atom stereocenters. The number of halogens is 1. The fraction of sp³-hybridized carbons (Fsp3) is 0.258. The number of amides is 2. The number of aromatic nitrogens is 2. The number of carbonyl (C=O) groups excluding carboxylic acids is 2. The number of nitrogens with one attached hydrogen (secondary N) is 1. The van der Waals surface area contributed by atoms with Crippen LogP contribution >= 0.6 is 23.4 Å². The van der Waals surface area contributed by atoms with Crippen molar-refractivity contribution in [2.75, 3.05) is 31.4 Å². The maximum Gasteiger partial charge on any atom is 0.240 e. The normalized spacial score (nSPS) is 14.9. The van der Waals surface area contributed by atoms with Crippen molar-refractivity contribution in [3.8, 4) is 28.4 Å². The Labute approximate surface area is 248 Å². The van der Waals surface area contributed by atoms with Gasteiger partial charge in [0.15, 0.2) is 0 Å². The molecule has 0 radical (unpaired) electrons. The van der Waals surface area contributed by atoms with Crippen LogP contribution in [0.1, 0.15) is 30.2 Å². The summed E-state index contributed by atoms with van der Waals surface area (Å²) in [7, 11) is 3.23. The first-order chi connectivity index (χ1) is 19.8. The van der Waals surface area contributed by atoms with Crippen LogP contribution in [-0.2, 0) is 9.59 Å². The number of carbonyl (C=O) groups is 2. The quantitative estimate of drug-likeness (QED) is 0.275. The predicted octanol–water partition coefficient (Wildman–Crippen LogP) is 5.90. The molecule has 10 heteroatoms. The van der Waals surface area contributed by atoms with Crippen LogP contribution in [0.5, 0.6) is 11.5 Å². The SMILES string of the molecule is COc1ccc(OC)c([C@@H]2SCC(=O)N(CC(=O)NC(C)C)c3c2c(-c2ccccc2)nn3-c2ccccc2Cl)c1. The Hall–Kier alpha value is -3.95. The predicted molar refractivity (Wildman–Crippen MR) is 163 cm³/mol. The number of hydrogen-bond donors (Lipinski definition) is 1. The van der Waals surface area contributed by atoms with Crippen LogP contribution in [0.25, 0.3) is 16.9 Å². The molecule has 8 nitrogen and oxygen atoms in total. The van der Waals surface area contributed by atoms with Crippen LogP contribution in [0.4, 0.5) is 5.82 Å². The van der Waals surface area contributed by atoms with E-state index in [2.05, 4.69) is 5.32 Å². The lowest BCUT2D eigenvalue weighted by Crippen LogP contribution is -2.44. The number of fused-ring (bicyclic) bond motifs is 1. The summed E-state index contributed by atoms with van der Waals surface area (Å²) in [6.45, 7) is 3.60. The molecule has 1 aliphatic heterocycles. The van der Waals surface area contributed by atoms with Gasteiger partial charge in [0.1, 0.15) is 23.9 Å². The molecule has 0 saturated heterocycles. The van der Waals surface area contributed by atoms with Gasteiger partial charge in [-0.05, 0) is 44.2 Å². The fourth-order valence-corrected chi connectivity index (χ4v) is 6.35. The summed E-state index contributed by atoms with van der Waals surface area (Å²) >= 11 is 8.17. The lowest BCUT2D eigenvalue weighted by Gasteiger charge is -2.24. The van der Waals surface area contributed by atoms with Gasteiger partial charge in [-0.25, -0.2) is 4.68 Å². The van der Waals surface area contributed by atoms with Gasteiger partial charge in [0.25, 0.3) is 0 Å². The van der Waals surface area contributed by atoms with Crippen molar-refractivity contribution < 1.29 is 19.1 Å². The molecule has 2 amide bonds. The Morgan fingerprint density at radius 2 is 1.80 bits per heavy atom. The molecule has 1 N–H and O–H groups in total. The van der Waals surface area contributed by atoms with E-state index in [1.54, 1.807) is 25.0 Å².